The average molecular weight is 340 g/mol. The monoisotopic (exact) mass is 340 g/mol. The van der Waals surface area contributed by atoms with E-state index in [1.807, 2.05) is 0 Å². The molecule has 0 atom stereocenters. The number of amides is 1. The van der Waals surface area contributed by atoms with Crippen LogP contribution in [0, 0.1) is 11.6 Å². The number of nitrogens with one attached hydrogen (secondary N) is 2. The first-order valence-electron chi connectivity index (χ1n) is 7.54. The molecule has 0 aliphatic heterocycles. The number of ketones is 1. The fourth-order valence-electron chi connectivity index (χ4n) is 2.30. The molecule has 0 radical (unpaired) electrons. The van der Waals surface area contributed by atoms with Crippen molar-refractivity contribution in [3.63, 3.8) is 0 Å². The van der Waals surface area contributed by atoms with Gasteiger partial charge in [0.25, 0.3) is 5.91 Å². The molecule has 1 aromatic heterocycles. The molecule has 3 aromatic rings. The number of H-pyrrole nitrogens is 1. The maximum atomic E-state index is 12.9. The minimum atomic E-state index is -0.425. The first-order chi connectivity index (χ1) is 12.0. The molecular weight excluding hydrogens is 326 g/mol. The molecule has 1 heterocycles. The molecule has 0 saturated heterocycles. The molecule has 3 rings (SSSR count). The van der Waals surface area contributed by atoms with Crippen LogP contribution in [0.15, 0.2) is 60.8 Å². The van der Waals surface area contributed by atoms with Gasteiger partial charge in [0, 0.05) is 23.9 Å². The summed E-state index contributed by atoms with van der Waals surface area (Å²) in [7, 11) is 0. The summed E-state index contributed by atoms with van der Waals surface area (Å²) in [5.41, 5.74) is 1.62. The number of hydrogen-bond acceptors (Lipinski definition) is 2. The van der Waals surface area contributed by atoms with Gasteiger partial charge in [0.2, 0.25) is 0 Å². The summed E-state index contributed by atoms with van der Waals surface area (Å²) < 4.78 is 25.8. The second kappa shape index (κ2) is 7.09. The number of benzene rings is 2. The number of carbonyl (C=O) groups is 2. The maximum absolute atomic E-state index is 12.9. The SMILES string of the molecule is O=C(c1ccc(F)cc1)c1c[nH]c(C(=O)NCc2ccc(F)cc2)c1. The van der Waals surface area contributed by atoms with Crippen LogP contribution in [0.1, 0.15) is 32.0 Å². The third-order valence-electron chi connectivity index (χ3n) is 3.66. The molecule has 1 amide bonds. The Balaban J connectivity index is 1.65. The highest BCUT2D eigenvalue weighted by molar-refractivity contribution is 6.10. The Morgan fingerprint density at radius 2 is 1.48 bits per heavy atom. The van der Waals surface area contributed by atoms with E-state index >= 15 is 0 Å². The van der Waals surface area contributed by atoms with Gasteiger partial charge in [-0.15, -0.1) is 0 Å². The Bertz CT molecular complexity index is 900. The van der Waals surface area contributed by atoms with E-state index in [0.717, 1.165) is 5.56 Å². The summed E-state index contributed by atoms with van der Waals surface area (Å²) >= 11 is 0. The minimum Gasteiger partial charge on any atom is -0.356 e. The fourth-order valence-corrected chi connectivity index (χ4v) is 2.30. The summed E-state index contributed by atoms with van der Waals surface area (Å²) in [5.74, 6) is -1.47. The van der Waals surface area contributed by atoms with Crippen LogP contribution in [-0.2, 0) is 6.54 Å². The lowest BCUT2D eigenvalue weighted by molar-refractivity contribution is 0.0946. The smallest absolute Gasteiger partial charge is 0.267 e. The van der Waals surface area contributed by atoms with E-state index in [9.17, 15) is 18.4 Å². The Hall–Kier alpha value is -3.28. The fraction of sp³-hybridized carbons (Fsp3) is 0.0526. The molecule has 4 nitrogen and oxygen atoms in total. The highest BCUT2D eigenvalue weighted by Crippen LogP contribution is 2.12. The van der Waals surface area contributed by atoms with Gasteiger partial charge in [-0.2, -0.15) is 0 Å². The van der Waals surface area contributed by atoms with Gasteiger partial charge in [-0.1, -0.05) is 12.1 Å². The average Bonchev–Trinajstić information content (AvgIpc) is 3.11. The summed E-state index contributed by atoms with van der Waals surface area (Å²) in [6.45, 7) is 0.235. The normalized spacial score (nSPS) is 10.5. The van der Waals surface area contributed by atoms with E-state index in [1.165, 1.54) is 48.7 Å². The van der Waals surface area contributed by atoms with E-state index in [1.54, 1.807) is 12.1 Å². The Kier molecular flexibility index (Phi) is 4.70. The number of halogens is 2. The number of aromatic nitrogens is 1. The van der Waals surface area contributed by atoms with E-state index < -0.39 is 5.82 Å². The van der Waals surface area contributed by atoms with Gasteiger partial charge in [0.1, 0.15) is 17.3 Å². The van der Waals surface area contributed by atoms with Crippen molar-refractivity contribution in [2.45, 2.75) is 6.54 Å². The van der Waals surface area contributed by atoms with E-state index in [-0.39, 0.29) is 29.7 Å². The Labute approximate surface area is 142 Å². The Morgan fingerprint density at radius 1 is 0.880 bits per heavy atom. The zero-order valence-corrected chi connectivity index (χ0v) is 13.1. The Morgan fingerprint density at radius 3 is 2.12 bits per heavy atom. The number of rotatable bonds is 5. The standard InChI is InChI=1S/C19H14F2N2O2/c20-15-5-1-12(2-6-15)10-23-19(25)17-9-14(11-22-17)18(24)13-3-7-16(21)8-4-13/h1-9,11,22H,10H2,(H,23,25). The first kappa shape index (κ1) is 16.6. The largest absolute Gasteiger partial charge is 0.356 e. The van der Waals surface area contributed by atoms with Crippen LogP contribution in [0.2, 0.25) is 0 Å². The van der Waals surface area contributed by atoms with Gasteiger partial charge in [-0.3, -0.25) is 9.59 Å². The molecule has 0 bridgehead atoms. The van der Waals surface area contributed by atoms with Crippen molar-refractivity contribution in [2.75, 3.05) is 0 Å². The third kappa shape index (κ3) is 3.98. The molecule has 0 fully saturated rings. The van der Waals surface area contributed by atoms with Crippen molar-refractivity contribution in [2.24, 2.45) is 0 Å². The zero-order chi connectivity index (χ0) is 17.8. The molecular formula is C19H14F2N2O2. The summed E-state index contributed by atoms with van der Waals surface area (Å²) in [6.07, 6.45) is 1.43. The molecule has 126 valence electrons. The van der Waals surface area contributed by atoms with Crippen LogP contribution < -0.4 is 5.32 Å². The highest BCUT2D eigenvalue weighted by Gasteiger charge is 2.14. The number of aromatic amines is 1. The molecule has 6 heteroatoms. The maximum Gasteiger partial charge on any atom is 0.267 e. The molecule has 0 saturated carbocycles. The highest BCUT2D eigenvalue weighted by atomic mass is 19.1. The molecule has 0 aliphatic rings. The third-order valence-corrected chi connectivity index (χ3v) is 3.66. The van der Waals surface area contributed by atoms with Crippen LogP contribution in [0.3, 0.4) is 0 Å². The predicted octanol–water partition coefficient (Wildman–Crippen LogP) is 3.45. The van der Waals surface area contributed by atoms with Crippen molar-refractivity contribution in [3.8, 4) is 0 Å². The van der Waals surface area contributed by atoms with Crippen molar-refractivity contribution in [1.29, 1.82) is 0 Å². The zero-order valence-electron chi connectivity index (χ0n) is 13.1. The van der Waals surface area contributed by atoms with Crippen LogP contribution in [0.5, 0.6) is 0 Å². The van der Waals surface area contributed by atoms with E-state index in [0.29, 0.717) is 11.1 Å². The molecule has 25 heavy (non-hydrogen) atoms. The van der Waals surface area contributed by atoms with Gasteiger partial charge in [0.05, 0.1) is 0 Å². The van der Waals surface area contributed by atoms with Crippen LogP contribution >= 0.6 is 0 Å². The van der Waals surface area contributed by atoms with E-state index in [4.69, 9.17) is 0 Å². The molecule has 0 spiro atoms. The van der Waals surface area contributed by atoms with Crippen LogP contribution in [0.25, 0.3) is 0 Å². The quantitative estimate of drug-likeness (QED) is 0.699. The number of carbonyl (C=O) groups excluding carboxylic acids is 2. The van der Waals surface area contributed by atoms with Crippen molar-refractivity contribution in [3.05, 3.63) is 94.8 Å². The van der Waals surface area contributed by atoms with Crippen LogP contribution in [0.4, 0.5) is 8.78 Å². The van der Waals surface area contributed by atoms with Crippen molar-refractivity contribution in [1.82, 2.24) is 10.3 Å². The predicted molar refractivity (Wildman–Crippen MR) is 88.2 cm³/mol. The minimum absolute atomic E-state index is 0.229. The molecule has 2 aromatic carbocycles. The number of hydrogen-bond donors (Lipinski definition) is 2. The van der Waals surface area contributed by atoms with Gasteiger partial charge in [-0.05, 0) is 48.0 Å². The molecule has 0 unspecified atom stereocenters. The summed E-state index contributed by atoms with van der Waals surface area (Å²) in [4.78, 5) is 27.2. The van der Waals surface area contributed by atoms with Gasteiger partial charge in [0.15, 0.2) is 5.78 Å². The lowest BCUT2D eigenvalue weighted by atomic mass is 10.1. The summed E-state index contributed by atoms with van der Waals surface area (Å²) in [5, 5.41) is 2.68. The van der Waals surface area contributed by atoms with Gasteiger partial charge < -0.3 is 10.3 Å². The topological polar surface area (TPSA) is 62.0 Å². The van der Waals surface area contributed by atoms with Crippen molar-refractivity contribution >= 4 is 11.7 Å². The van der Waals surface area contributed by atoms with Gasteiger partial charge in [-0.25, -0.2) is 8.78 Å². The molecule has 2 N–H and O–H groups in total. The second-order valence-corrected chi connectivity index (χ2v) is 5.45. The second-order valence-electron chi connectivity index (χ2n) is 5.45. The summed E-state index contributed by atoms with van der Waals surface area (Å²) in [6, 6.07) is 12.4. The van der Waals surface area contributed by atoms with E-state index in [2.05, 4.69) is 10.3 Å². The lowest BCUT2D eigenvalue weighted by Gasteiger charge is -2.03. The lowest BCUT2D eigenvalue weighted by Crippen LogP contribution is -2.23. The molecule has 0 aliphatic carbocycles. The van der Waals surface area contributed by atoms with Crippen molar-refractivity contribution < 1.29 is 18.4 Å². The van der Waals surface area contributed by atoms with Crippen LogP contribution in [-0.4, -0.2) is 16.7 Å². The first-order valence-corrected chi connectivity index (χ1v) is 7.54. The van der Waals surface area contributed by atoms with Gasteiger partial charge >= 0.3 is 0 Å².